The summed E-state index contributed by atoms with van der Waals surface area (Å²) in [4.78, 5) is 10.7. The van der Waals surface area contributed by atoms with Crippen molar-refractivity contribution in [2.75, 3.05) is 0 Å². The van der Waals surface area contributed by atoms with Crippen LogP contribution in [0, 0.1) is 5.92 Å². The zero-order chi connectivity index (χ0) is 13.2. The highest BCUT2D eigenvalue weighted by Crippen LogP contribution is 2.27. The van der Waals surface area contributed by atoms with Gasteiger partial charge >= 0.3 is 5.97 Å². The minimum Gasteiger partial charge on any atom is -0.481 e. The Balaban J connectivity index is 2.89. The zero-order valence-electron chi connectivity index (χ0n) is 9.18. The molecule has 96 valence electrons. The van der Waals surface area contributed by atoms with E-state index in [1.807, 2.05) is 0 Å². The third-order valence-corrected chi connectivity index (χ3v) is 6.54. The van der Waals surface area contributed by atoms with Crippen LogP contribution in [0.5, 0.6) is 0 Å². The number of aliphatic carboxylic acids is 1. The van der Waals surface area contributed by atoms with E-state index < -0.39 is 28.0 Å². The Bertz CT molecular complexity index is 511. The molecule has 0 radical (unpaired) electrons. The second-order valence-corrected chi connectivity index (χ2v) is 7.27. The molecule has 0 aliphatic heterocycles. The van der Waals surface area contributed by atoms with E-state index in [4.69, 9.17) is 5.11 Å². The Kier molecular flexibility index (Phi) is 4.70. The van der Waals surface area contributed by atoms with Gasteiger partial charge in [0.2, 0.25) is 0 Å². The fraction of sp³-hybridized carbons (Fsp3) is 0.444. The van der Waals surface area contributed by atoms with Crippen molar-refractivity contribution in [2.45, 2.75) is 24.1 Å². The number of nitrogens with one attached hydrogen (secondary N) is 1. The van der Waals surface area contributed by atoms with E-state index in [9.17, 15) is 13.2 Å². The van der Waals surface area contributed by atoms with Crippen molar-refractivity contribution in [3.63, 3.8) is 0 Å². The highest BCUT2D eigenvalue weighted by atomic mass is 79.9. The van der Waals surface area contributed by atoms with Crippen LogP contribution in [0.4, 0.5) is 0 Å². The molecule has 2 N–H and O–H groups in total. The summed E-state index contributed by atoms with van der Waals surface area (Å²) in [5.74, 6) is -1.83. The van der Waals surface area contributed by atoms with E-state index in [2.05, 4.69) is 20.7 Å². The van der Waals surface area contributed by atoms with Crippen molar-refractivity contribution in [3.05, 3.63) is 15.9 Å². The average molecular weight is 342 g/mol. The van der Waals surface area contributed by atoms with Crippen molar-refractivity contribution < 1.29 is 18.3 Å². The van der Waals surface area contributed by atoms with Gasteiger partial charge in [0.15, 0.2) is 0 Å². The zero-order valence-corrected chi connectivity index (χ0v) is 12.4. The maximum absolute atomic E-state index is 11.9. The quantitative estimate of drug-likeness (QED) is 0.856. The number of carbonyl (C=O) groups is 1. The van der Waals surface area contributed by atoms with Crippen molar-refractivity contribution >= 4 is 43.3 Å². The van der Waals surface area contributed by atoms with E-state index >= 15 is 0 Å². The van der Waals surface area contributed by atoms with Gasteiger partial charge in [-0.05, 0) is 34.3 Å². The van der Waals surface area contributed by atoms with Gasteiger partial charge < -0.3 is 5.11 Å². The molecular formula is C9H12BrNO4S2. The van der Waals surface area contributed by atoms with Crippen LogP contribution in [0.2, 0.25) is 0 Å². The average Bonchev–Trinajstić information content (AvgIpc) is 2.63. The lowest BCUT2D eigenvalue weighted by atomic mass is 10.1. The summed E-state index contributed by atoms with van der Waals surface area (Å²) in [5.41, 5.74) is 0. The molecule has 0 saturated heterocycles. The molecule has 0 aliphatic carbocycles. The third kappa shape index (κ3) is 3.51. The Morgan fingerprint density at radius 3 is 2.53 bits per heavy atom. The molecule has 0 fully saturated rings. The first-order valence-corrected chi connectivity index (χ1v) is 7.89. The number of halogens is 1. The summed E-state index contributed by atoms with van der Waals surface area (Å²) >= 11 is 4.21. The summed E-state index contributed by atoms with van der Waals surface area (Å²) in [7, 11) is -3.67. The summed E-state index contributed by atoms with van der Waals surface area (Å²) in [5, 5.41) is 10.4. The number of carboxylic acid groups (broad SMARTS) is 1. The molecule has 2 atom stereocenters. The van der Waals surface area contributed by atoms with Crippen LogP contribution in [-0.4, -0.2) is 25.5 Å². The monoisotopic (exact) mass is 341 g/mol. The number of carboxylic acids is 1. The van der Waals surface area contributed by atoms with Gasteiger partial charge in [0.25, 0.3) is 10.0 Å². The molecule has 8 heteroatoms. The summed E-state index contributed by atoms with van der Waals surface area (Å²) in [6.07, 6.45) is 0. The fourth-order valence-electron chi connectivity index (χ4n) is 1.09. The topological polar surface area (TPSA) is 83.5 Å². The molecule has 0 spiro atoms. The largest absolute Gasteiger partial charge is 0.481 e. The molecule has 0 saturated carbocycles. The minimum absolute atomic E-state index is 0.155. The van der Waals surface area contributed by atoms with Crippen LogP contribution in [0.15, 0.2) is 20.1 Å². The molecule has 1 aromatic heterocycles. The molecule has 0 aliphatic rings. The first-order chi connectivity index (χ1) is 7.75. The Hall–Kier alpha value is -0.440. The maximum Gasteiger partial charge on any atom is 0.307 e. The van der Waals surface area contributed by atoms with Crippen LogP contribution in [0.3, 0.4) is 0 Å². The van der Waals surface area contributed by atoms with Gasteiger partial charge in [-0.25, -0.2) is 13.1 Å². The highest BCUT2D eigenvalue weighted by Gasteiger charge is 2.27. The first kappa shape index (κ1) is 14.6. The Labute approximate surface area is 112 Å². The lowest BCUT2D eigenvalue weighted by Crippen LogP contribution is -2.39. The van der Waals surface area contributed by atoms with E-state index in [-0.39, 0.29) is 4.21 Å². The first-order valence-electron chi connectivity index (χ1n) is 4.74. The standard InChI is InChI=1S/C9H12BrNO4S2/c1-5(8(12)13)6(2)11-17(14,15)9-7(10)3-4-16-9/h3-6,11H,1-2H3,(H,12,13). The Morgan fingerprint density at radius 2 is 2.12 bits per heavy atom. The SMILES string of the molecule is CC(NS(=O)(=O)c1sccc1Br)C(C)C(=O)O. The molecule has 17 heavy (non-hydrogen) atoms. The van der Waals surface area contributed by atoms with Crippen molar-refractivity contribution in [1.29, 1.82) is 0 Å². The second-order valence-electron chi connectivity index (χ2n) is 3.59. The smallest absolute Gasteiger partial charge is 0.307 e. The summed E-state index contributed by atoms with van der Waals surface area (Å²) in [6, 6.07) is 0.955. The van der Waals surface area contributed by atoms with Gasteiger partial charge in [0, 0.05) is 10.5 Å². The lowest BCUT2D eigenvalue weighted by Gasteiger charge is -2.17. The highest BCUT2D eigenvalue weighted by molar-refractivity contribution is 9.10. The van der Waals surface area contributed by atoms with E-state index in [0.717, 1.165) is 11.3 Å². The van der Waals surface area contributed by atoms with Crippen molar-refractivity contribution in [1.82, 2.24) is 4.72 Å². The van der Waals surface area contributed by atoms with Crippen LogP contribution in [0.1, 0.15) is 13.8 Å². The summed E-state index contributed by atoms with van der Waals surface area (Å²) < 4.78 is 26.8. The molecular weight excluding hydrogens is 330 g/mol. The molecule has 0 amide bonds. The molecule has 5 nitrogen and oxygen atoms in total. The molecule has 0 bridgehead atoms. The van der Waals surface area contributed by atoms with E-state index in [0.29, 0.717) is 4.47 Å². The number of thiophene rings is 1. The molecule has 1 aromatic rings. The molecule has 1 rings (SSSR count). The predicted molar refractivity (Wildman–Crippen MR) is 68.6 cm³/mol. The number of rotatable bonds is 5. The predicted octanol–water partition coefficient (Wildman–Crippen LogP) is 1.90. The van der Waals surface area contributed by atoms with Crippen LogP contribution in [-0.2, 0) is 14.8 Å². The van der Waals surface area contributed by atoms with Gasteiger partial charge in [-0.15, -0.1) is 11.3 Å². The van der Waals surface area contributed by atoms with Crippen LogP contribution in [0.25, 0.3) is 0 Å². The molecule has 1 heterocycles. The number of sulfonamides is 1. The number of hydrogen-bond acceptors (Lipinski definition) is 4. The Morgan fingerprint density at radius 1 is 1.53 bits per heavy atom. The molecule has 0 aromatic carbocycles. The lowest BCUT2D eigenvalue weighted by molar-refractivity contribution is -0.141. The van der Waals surface area contributed by atoms with E-state index in [1.165, 1.54) is 13.8 Å². The minimum atomic E-state index is -3.67. The van der Waals surface area contributed by atoms with Gasteiger partial charge in [0.1, 0.15) is 4.21 Å². The normalized spacial score (nSPS) is 15.5. The van der Waals surface area contributed by atoms with Crippen LogP contribution >= 0.6 is 27.3 Å². The maximum atomic E-state index is 11.9. The number of hydrogen-bond donors (Lipinski definition) is 2. The van der Waals surface area contributed by atoms with Gasteiger partial charge in [-0.2, -0.15) is 0 Å². The van der Waals surface area contributed by atoms with Gasteiger partial charge in [0.05, 0.1) is 5.92 Å². The second kappa shape index (κ2) is 5.47. The summed E-state index contributed by atoms with van der Waals surface area (Å²) in [6.45, 7) is 2.98. The third-order valence-electron chi connectivity index (χ3n) is 2.31. The van der Waals surface area contributed by atoms with Crippen molar-refractivity contribution in [3.8, 4) is 0 Å². The van der Waals surface area contributed by atoms with Gasteiger partial charge in [-0.1, -0.05) is 6.92 Å². The molecule has 2 unspecified atom stereocenters. The van der Waals surface area contributed by atoms with Crippen molar-refractivity contribution in [2.24, 2.45) is 5.92 Å². The van der Waals surface area contributed by atoms with E-state index in [1.54, 1.807) is 11.4 Å². The van der Waals surface area contributed by atoms with Crippen LogP contribution < -0.4 is 4.72 Å². The van der Waals surface area contributed by atoms with Gasteiger partial charge in [-0.3, -0.25) is 4.79 Å². The fourth-order valence-corrected chi connectivity index (χ4v) is 4.76.